The van der Waals surface area contributed by atoms with Gasteiger partial charge in [-0.1, -0.05) is 12.1 Å². The number of hydrogen-bond donors (Lipinski definition) is 3. The maximum atomic E-state index is 12.6. The predicted molar refractivity (Wildman–Crippen MR) is 117 cm³/mol. The van der Waals surface area contributed by atoms with Crippen molar-refractivity contribution >= 4 is 44.5 Å². The molecule has 2 amide bonds. The summed E-state index contributed by atoms with van der Waals surface area (Å²) in [5.41, 5.74) is 1.88. The number of amides is 2. The fraction of sp³-hybridized carbons (Fsp3) is 0.150. The van der Waals surface area contributed by atoms with Crippen LogP contribution in [0.4, 0.5) is 11.4 Å². The molecule has 8 nitrogen and oxygen atoms in total. The van der Waals surface area contributed by atoms with Gasteiger partial charge in [-0.15, -0.1) is 11.3 Å². The van der Waals surface area contributed by atoms with Crippen molar-refractivity contribution < 1.29 is 18.0 Å². The van der Waals surface area contributed by atoms with E-state index in [1.165, 1.54) is 49.4 Å². The van der Waals surface area contributed by atoms with Crippen molar-refractivity contribution in [1.29, 1.82) is 0 Å². The Morgan fingerprint density at radius 2 is 1.77 bits per heavy atom. The molecule has 0 aliphatic carbocycles. The zero-order valence-electron chi connectivity index (χ0n) is 16.2. The Hall–Kier alpha value is -3.08. The molecular formula is C20H20N4O4S2. The number of benzene rings is 2. The average molecular weight is 445 g/mol. The van der Waals surface area contributed by atoms with E-state index in [4.69, 9.17) is 0 Å². The van der Waals surface area contributed by atoms with Gasteiger partial charge < -0.3 is 10.6 Å². The van der Waals surface area contributed by atoms with Crippen molar-refractivity contribution in [3.63, 3.8) is 0 Å². The topological polar surface area (TPSA) is 117 Å². The first-order chi connectivity index (χ1) is 14.2. The fourth-order valence-electron chi connectivity index (χ4n) is 2.62. The minimum absolute atomic E-state index is 0.0120. The summed E-state index contributed by atoms with van der Waals surface area (Å²) < 4.78 is 27.5. The summed E-state index contributed by atoms with van der Waals surface area (Å²) in [4.78, 5) is 27.8. The Labute approximate surface area is 178 Å². The number of anilines is 2. The quantitative estimate of drug-likeness (QED) is 0.518. The van der Waals surface area contributed by atoms with Crippen molar-refractivity contribution in [2.24, 2.45) is 0 Å². The largest absolute Gasteiger partial charge is 0.326 e. The molecule has 3 aromatic rings. The van der Waals surface area contributed by atoms with Crippen LogP contribution in [0.2, 0.25) is 0 Å². The van der Waals surface area contributed by atoms with Gasteiger partial charge in [0.05, 0.1) is 10.9 Å². The lowest BCUT2D eigenvalue weighted by Crippen LogP contribution is -2.41. The third-order valence-electron chi connectivity index (χ3n) is 4.02. The highest BCUT2D eigenvalue weighted by molar-refractivity contribution is 7.89. The van der Waals surface area contributed by atoms with Crippen molar-refractivity contribution in [2.45, 2.75) is 24.8 Å². The summed E-state index contributed by atoms with van der Waals surface area (Å²) in [6, 6.07) is 11.8. The third-order valence-corrected chi connectivity index (χ3v) is 6.40. The monoisotopic (exact) mass is 444 g/mol. The number of aromatic nitrogens is 1. The summed E-state index contributed by atoms with van der Waals surface area (Å²) in [5.74, 6) is -0.752. The Kier molecular flexibility index (Phi) is 6.60. The molecule has 0 saturated heterocycles. The molecule has 0 radical (unpaired) electrons. The van der Waals surface area contributed by atoms with Crippen LogP contribution in [0, 0.1) is 0 Å². The van der Waals surface area contributed by atoms with Gasteiger partial charge in [0.25, 0.3) is 0 Å². The van der Waals surface area contributed by atoms with Crippen LogP contribution in [0.25, 0.3) is 10.6 Å². The normalized spacial score (nSPS) is 12.2. The minimum atomic E-state index is -3.92. The first-order valence-electron chi connectivity index (χ1n) is 8.95. The first-order valence-corrected chi connectivity index (χ1v) is 11.3. The highest BCUT2D eigenvalue weighted by Gasteiger charge is 2.22. The lowest BCUT2D eigenvalue weighted by Gasteiger charge is -2.15. The van der Waals surface area contributed by atoms with Crippen molar-refractivity contribution in [3.8, 4) is 10.6 Å². The van der Waals surface area contributed by atoms with Crippen LogP contribution in [0.15, 0.2) is 65.0 Å². The molecule has 0 saturated carbocycles. The van der Waals surface area contributed by atoms with E-state index in [1.54, 1.807) is 24.4 Å². The maximum Gasteiger partial charge on any atom is 0.242 e. The number of thiazole rings is 1. The smallest absolute Gasteiger partial charge is 0.242 e. The van der Waals surface area contributed by atoms with E-state index in [0.717, 1.165) is 10.6 Å². The summed E-state index contributed by atoms with van der Waals surface area (Å²) in [6.07, 6.45) is 1.70. The molecule has 3 N–H and O–H groups in total. The van der Waals surface area contributed by atoms with Crippen molar-refractivity contribution in [1.82, 2.24) is 9.71 Å². The van der Waals surface area contributed by atoms with E-state index in [9.17, 15) is 18.0 Å². The Morgan fingerprint density at radius 1 is 1.03 bits per heavy atom. The second-order valence-electron chi connectivity index (χ2n) is 6.46. The molecule has 0 aliphatic heterocycles. The van der Waals surface area contributed by atoms with Crippen LogP contribution in [0.3, 0.4) is 0 Å². The van der Waals surface area contributed by atoms with E-state index < -0.39 is 22.0 Å². The zero-order chi connectivity index (χ0) is 21.7. The number of rotatable bonds is 7. The number of carbonyl (C=O) groups excluding carboxylic acids is 2. The van der Waals surface area contributed by atoms with Crippen molar-refractivity contribution in [2.75, 3.05) is 10.6 Å². The molecule has 0 aliphatic rings. The second-order valence-corrected chi connectivity index (χ2v) is 9.06. The van der Waals surface area contributed by atoms with E-state index in [-0.39, 0.29) is 10.8 Å². The van der Waals surface area contributed by atoms with E-state index >= 15 is 0 Å². The van der Waals surface area contributed by atoms with Gasteiger partial charge in [-0.25, -0.2) is 13.4 Å². The SMILES string of the molecule is CC(=O)Nc1ccc(S(=O)(=O)N[C@@H](C)C(=O)Nc2cccc(-c3nccs3)c2)cc1. The molecule has 1 heterocycles. The Bertz CT molecular complexity index is 1140. The predicted octanol–water partition coefficient (Wildman–Crippen LogP) is 3.07. The minimum Gasteiger partial charge on any atom is -0.326 e. The van der Waals surface area contributed by atoms with Gasteiger partial charge in [0.15, 0.2) is 0 Å². The van der Waals surface area contributed by atoms with Gasteiger partial charge in [-0.05, 0) is 43.3 Å². The molecule has 30 heavy (non-hydrogen) atoms. The van der Waals surface area contributed by atoms with E-state index in [1.807, 2.05) is 11.4 Å². The number of nitrogens with one attached hydrogen (secondary N) is 3. The lowest BCUT2D eigenvalue weighted by molar-refractivity contribution is -0.117. The highest BCUT2D eigenvalue weighted by atomic mass is 32.2. The van der Waals surface area contributed by atoms with Gasteiger partial charge in [-0.3, -0.25) is 9.59 Å². The maximum absolute atomic E-state index is 12.6. The van der Waals surface area contributed by atoms with Gasteiger partial charge in [0, 0.05) is 35.4 Å². The third kappa shape index (κ3) is 5.50. The van der Waals surface area contributed by atoms with E-state index in [0.29, 0.717) is 11.4 Å². The van der Waals surface area contributed by atoms with Crippen LogP contribution < -0.4 is 15.4 Å². The van der Waals surface area contributed by atoms with Crippen LogP contribution in [-0.2, 0) is 19.6 Å². The Balaban J connectivity index is 1.66. The number of hydrogen-bond acceptors (Lipinski definition) is 6. The highest BCUT2D eigenvalue weighted by Crippen LogP contribution is 2.24. The molecule has 0 spiro atoms. The molecule has 0 bridgehead atoms. The summed E-state index contributed by atoms with van der Waals surface area (Å²) in [7, 11) is -3.92. The van der Waals surface area contributed by atoms with Crippen LogP contribution in [0.1, 0.15) is 13.8 Å². The van der Waals surface area contributed by atoms with Gasteiger partial charge in [0.1, 0.15) is 5.01 Å². The molecule has 10 heteroatoms. The summed E-state index contributed by atoms with van der Waals surface area (Å²) in [5, 5.41) is 7.96. The molecule has 3 rings (SSSR count). The van der Waals surface area contributed by atoms with Gasteiger partial charge in [-0.2, -0.15) is 4.72 Å². The van der Waals surface area contributed by atoms with Crippen LogP contribution >= 0.6 is 11.3 Å². The number of nitrogens with zero attached hydrogens (tertiary/aromatic N) is 1. The Morgan fingerprint density at radius 3 is 2.40 bits per heavy atom. The lowest BCUT2D eigenvalue weighted by atomic mass is 10.2. The van der Waals surface area contributed by atoms with Gasteiger partial charge in [0.2, 0.25) is 21.8 Å². The van der Waals surface area contributed by atoms with Crippen LogP contribution in [-0.4, -0.2) is 31.3 Å². The van der Waals surface area contributed by atoms with Gasteiger partial charge >= 0.3 is 0 Å². The number of carbonyl (C=O) groups is 2. The van der Waals surface area contributed by atoms with E-state index in [2.05, 4.69) is 20.3 Å². The standard InChI is InChI=1S/C20H20N4O4S2/c1-13(24-30(27,28)18-8-6-16(7-9-18)22-14(2)25)19(26)23-17-5-3-4-15(12-17)20-21-10-11-29-20/h3-13,24H,1-2H3,(H,22,25)(H,23,26)/t13-/m0/s1. The molecule has 1 aromatic heterocycles. The second kappa shape index (κ2) is 9.16. The van der Waals surface area contributed by atoms with Crippen LogP contribution in [0.5, 0.6) is 0 Å². The molecule has 2 aromatic carbocycles. The van der Waals surface area contributed by atoms with Crippen molar-refractivity contribution in [3.05, 3.63) is 60.1 Å². The fourth-order valence-corrected chi connectivity index (χ4v) is 4.46. The molecule has 0 unspecified atom stereocenters. The molecule has 156 valence electrons. The molecule has 1 atom stereocenters. The molecular weight excluding hydrogens is 424 g/mol. The first kappa shape index (κ1) is 21.6. The average Bonchev–Trinajstić information content (AvgIpc) is 3.22. The zero-order valence-corrected chi connectivity index (χ0v) is 17.9. The number of sulfonamides is 1. The summed E-state index contributed by atoms with van der Waals surface area (Å²) >= 11 is 1.48. The summed E-state index contributed by atoms with van der Waals surface area (Å²) in [6.45, 7) is 2.82. The molecule has 0 fully saturated rings.